The number of hydrogen-bond donors (Lipinski definition) is 1. The molecule has 29 heavy (non-hydrogen) atoms. The number of hydrogen-bond acceptors (Lipinski definition) is 3. The number of aryl methyl sites for hydroxylation is 1. The SMILES string of the molecule is Cc1ccccc1CN1CCCN(CC(=O)Nc2ccc(C(C)C)cc2)S1(=O)=O. The first kappa shape index (κ1) is 21.5. The Balaban J connectivity index is 1.65. The van der Waals surface area contributed by atoms with Crippen LogP contribution in [0.1, 0.15) is 42.9 Å². The summed E-state index contributed by atoms with van der Waals surface area (Å²) < 4.78 is 28.7. The van der Waals surface area contributed by atoms with Crippen LogP contribution in [0.15, 0.2) is 48.5 Å². The van der Waals surface area contributed by atoms with Crippen molar-refractivity contribution in [1.82, 2.24) is 8.61 Å². The monoisotopic (exact) mass is 415 g/mol. The van der Waals surface area contributed by atoms with Gasteiger partial charge in [0.05, 0.1) is 6.54 Å². The predicted molar refractivity (Wildman–Crippen MR) is 116 cm³/mol. The lowest BCUT2D eigenvalue weighted by Gasteiger charge is -2.34. The Labute approximate surface area is 173 Å². The van der Waals surface area contributed by atoms with Gasteiger partial charge in [-0.3, -0.25) is 4.79 Å². The van der Waals surface area contributed by atoms with Crippen LogP contribution in [0.2, 0.25) is 0 Å². The maximum Gasteiger partial charge on any atom is 0.282 e. The zero-order valence-electron chi connectivity index (χ0n) is 17.3. The van der Waals surface area contributed by atoms with Crippen molar-refractivity contribution in [3.63, 3.8) is 0 Å². The molecule has 0 radical (unpaired) electrons. The number of carbonyl (C=O) groups excluding carboxylic acids is 1. The number of anilines is 1. The molecule has 6 nitrogen and oxygen atoms in total. The molecule has 0 bridgehead atoms. The van der Waals surface area contributed by atoms with E-state index in [1.807, 2.05) is 55.5 Å². The summed E-state index contributed by atoms with van der Waals surface area (Å²) in [5.74, 6) is 0.0843. The molecule has 1 fully saturated rings. The van der Waals surface area contributed by atoms with Crippen LogP contribution >= 0.6 is 0 Å². The van der Waals surface area contributed by atoms with Crippen LogP contribution in [0.25, 0.3) is 0 Å². The third kappa shape index (κ3) is 5.23. The first-order chi connectivity index (χ1) is 13.8. The molecule has 1 saturated heterocycles. The number of nitrogens with one attached hydrogen (secondary N) is 1. The Morgan fingerprint density at radius 1 is 1.03 bits per heavy atom. The quantitative estimate of drug-likeness (QED) is 0.785. The molecular formula is C22H29N3O3S. The maximum absolute atomic E-state index is 13.0. The molecule has 2 aromatic rings. The average Bonchev–Trinajstić information content (AvgIpc) is 2.67. The molecule has 1 aliphatic heterocycles. The van der Waals surface area contributed by atoms with Gasteiger partial charge in [0.2, 0.25) is 5.91 Å². The Morgan fingerprint density at radius 2 is 1.69 bits per heavy atom. The lowest BCUT2D eigenvalue weighted by Crippen LogP contribution is -2.51. The Bertz CT molecular complexity index is 956. The lowest BCUT2D eigenvalue weighted by molar-refractivity contribution is -0.116. The minimum Gasteiger partial charge on any atom is -0.325 e. The number of benzene rings is 2. The molecule has 7 heteroatoms. The highest BCUT2D eigenvalue weighted by atomic mass is 32.2. The van der Waals surface area contributed by atoms with Crippen molar-refractivity contribution in [2.45, 2.75) is 39.7 Å². The van der Waals surface area contributed by atoms with Gasteiger partial charge in [-0.2, -0.15) is 17.0 Å². The third-order valence-corrected chi connectivity index (χ3v) is 7.19. The summed E-state index contributed by atoms with van der Waals surface area (Å²) in [5.41, 5.74) is 3.90. The van der Waals surface area contributed by atoms with Gasteiger partial charge in [0.25, 0.3) is 10.2 Å². The number of nitrogens with zero attached hydrogens (tertiary/aromatic N) is 2. The van der Waals surface area contributed by atoms with Crippen molar-refractivity contribution >= 4 is 21.8 Å². The first-order valence-corrected chi connectivity index (χ1v) is 11.4. The molecule has 2 aromatic carbocycles. The fraction of sp³-hybridized carbons (Fsp3) is 0.409. The van der Waals surface area contributed by atoms with Gasteiger partial charge in [-0.1, -0.05) is 50.2 Å². The van der Waals surface area contributed by atoms with Crippen molar-refractivity contribution < 1.29 is 13.2 Å². The van der Waals surface area contributed by atoms with Gasteiger partial charge in [0.1, 0.15) is 0 Å². The van der Waals surface area contributed by atoms with Crippen molar-refractivity contribution in [1.29, 1.82) is 0 Å². The normalized spacial score (nSPS) is 17.4. The zero-order valence-corrected chi connectivity index (χ0v) is 18.1. The Hall–Kier alpha value is -2.22. The summed E-state index contributed by atoms with van der Waals surface area (Å²) in [6.07, 6.45) is 0.696. The second-order valence-corrected chi connectivity index (χ2v) is 9.71. The second-order valence-electron chi connectivity index (χ2n) is 7.78. The predicted octanol–water partition coefficient (Wildman–Crippen LogP) is 3.51. The lowest BCUT2D eigenvalue weighted by atomic mass is 10.0. The molecule has 156 valence electrons. The van der Waals surface area contributed by atoms with Crippen LogP contribution in [-0.4, -0.2) is 42.6 Å². The molecule has 0 saturated carbocycles. The van der Waals surface area contributed by atoms with Gasteiger partial charge in [-0.25, -0.2) is 0 Å². The highest BCUT2D eigenvalue weighted by molar-refractivity contribution is 7.86. The zero-order chi connectivity index (χ0) is 21.0. The van der Waals surface area contributed by atoms with E-state index in [2.05, 4.69) is 19.2 Å². The highest BCUT2D eigenvalue weighted by Crippen LogP contribution is 2.21. The fourth-order valence-electron chi connectivity index (χ4n) is 3.43. The van der Waals surface area contributed by atoms with Gasteiger partial charge in [-0.05, 0) is 48.1 Å². The van der Waals surface area contributed by atoms with Crippen LogP contribution in [0.4, 0.5) is 5.69 Å². The molecule has 1 N–H and O–H groups in total. The van der Waals surface area contributed by atoms with Crippen LogP contribution in [0.3, 0.4) is 0 Å². The largest absolute Gasteiger partial charge is 0.325 e. The smallest absolute Gasteiger partial charge is 0.282 e. The summed E-state index contributed by atoms with van der Waals surface area (Å²) in [5, 5.41) is 2.80. The molecule has 0 spiro atoms. The van der Waals surface area contributed by atoms with Crippen molar-refractivity contribution in [2.75, 3.05) is 25.0 Å². The molecule has 1 heterocycles. The summed E-state index contributed by atoms with van der Waals surface area (Å²) in [6, 6.07) is 15.4. The van der Waals surface area contributed by atoms with Crippen molar-refractivity contribution in [3.8, 4) is 0 Å². The highest BCUT2D eigenvalue weighted by Gasteiger charge is 2.34. The van der Waals surface area contributed by atoms with Gasteiger partial charge in [-0.15, -0.1) is 0 Å². The molecule has 0 aromatic heterocycles. The van der Waals surface area contributed by atoms with Gasteiger partial charge < -0.3 is 5.32 Å². The van der Waals surface area contributed by atoms with Crippen molar-refractivity contribution in [2.24, 2.45) is 0 Å². The van der Waals surface area contributed by atoms with E-state index in [0.717, 1.165) is 11.1 Å². The molecule has 1 amide bonds. The van der Waals surface area contributed by atoms with Crippen LogP contribution in [0.5, 0.6) is 0 Å². The molecule has 0 atom stereocenters. The molecule has 0 unspecified atom stereocenters. The topological polar surface area (TPSA) is 69.7 Å². The summed E-state index contributed by atoms with van der Waals surface area (Å²) >= 11 is 0. The number of rotatable bonds is 6. The Kier molecular flexibility index (Phi) is 6.72. The molecular weight excluding hydrogens is 386 g/mol. The minimum absolute atomic E-state index is 0.182. The van der Waals surface area contributed by atoms with Gasteiger partial charge in [0.15, 0.2) is 0 Å². The van der Waals surface area contributed by atoms with E-state index in [-0.39, 0.29) is 12.5 Å². The van der Waals surface area contributed by atoms with E-state index in [1.165, 1.54) is 14.2 Å². The minimum atomic E-state index is -3.68. The summed E-state index contributed by atoms with van der Waals surface area (Å²) in [7, 11) is -3.68. The van der Waals surface area contributed by atoms with Crippen LogP contribution in [0, 0.1) is 6.92 Å². The van der Waals surface area contributed by atoms with Crippen molar-refractivity contribution in [3.05, 3.63) is 65.2 Å². The van der Waals surface area contributed by atoms with E-state index in [4.69, 9.17) is 0 Å². The van der Waals surface area contributed by atoms with E-state index in [0.29, 0.717) is 37.7 Å². The fourth-order valence-corrected chi connectivity index (χ4v) is 5.06. The van der Waals surface area contributed by atoms with E-state index >= 15 is 0 Å². The Morgan fingerprint density at radius 3 is 2.34 bits per heavy atom. The summed E-state index contributed by atoms with van der Waals surface area (Å²) in [6.45, 7) is 7.15. The number of carbonyl (C=O) groups is 1. The van der Waals surface area contributed by atoms with E-state index < -0.39 is 10.2 Å². The summed E-state index contributed by atoms with van der Waals surface area (Å²) in [4.78, 5) is 12.5. The standard InChI is InChI=1S/C22H29N3O3S/c1-17(2)19-9-11-21(12-10-19)23-22(26)16-25-14-6-13-24(29(25,27)28)15-20-8-5-4-7-18(20)3/h4-5,7-12,17H,6,13-16H2,1-3H3,(H,23,26). The first-order valence-electron chi connectivity index (χ1n) is 9.97. The van der Waals surface area contributed by atoms with Crippen LogP contribution in [-0.2, 0) is 21.5 Å². The molecule has 3 rings (SSSR count). The average molecular weight is 416 g/mol. The third-order valence-electron chi connectivity index (χ3n) is 5.26. The van der Waals surface area contributed by atoms with Gasteiger partial charge in [0, 0.05) is 25.3 Å². The molecule has 0 aliphatic carbocycles. The maximum atomic E-state index is 13.0. The van der Waals surface area contributed by atoms with Crippen LogP contribution < -0.4 is 5.32 Å². The second kappa shape index (κ2) is 9.07. The van der Waals surface area contributed by atoms with E-state index in [1.54, 1.807) is 0 Å². The van der Waals surface area contributed by atoms with Gasteiger partial charge >= 0.3 is 0 Å². The molecule has 1 aliphatic rings. The number of amides is 1. The van der Waals surface area contributed by atoms with E-state index in [9.17, 15) is 13.2 Å².